The number of rotatable bonds is 5. The molecule has 5 nitrogen and oxygen atoms in total. The largest absolute Gasteiger partial charge is 0.350 e. The van der Waals surface area contributed by atoms with Crippen LogP contribution in [0.15, 0.2) is 65.7 Å². The van der Waals surface area contributed by atoms with Crippen LogP contribution in [-0.4, -0.2) is 15.5 Å². The van der Waals surface area contributed by atoms with E-state index >= 15 is 0 Å². The highest BCUT2D eigenvalue weighted by Gasteiger charge is 2.12. The van der Waals surface area contributed by atoms with E-state index in [0.717, 1.165) is 16.0 Å². The van der Waals surface area contributed by atoms with Crippen LogP contribution in [-0.2, 0) is 17.9 Å². The zero-order valence-corrected chi connectivity index (χ0v) is 17.3. The molecule has 1 N–H and O–H groups in total. The van der Waals surface area contributed by atoms with Crippen molar-refractivity contribution in [2.24, 2.45) is 0 Å². The molecule has 0 saturated heterocycles. The van der Waals surface area contributed by atoms with Gasteiger partial charge in [0.2, 0.25) is 5.91 Å². The van der Waals surface area contributed by atoms with Gasteiger partial charge in [-0.1, -0.05) is 53.6 Å². The van der Waals surface area contributed by atoms with Crippen molar-refractivity contribution in [1.82, 2.24) is 14.9 Å². The maximum atomic E-state index is 12.8. The molecule has 4 rings (SSSR count). The summed E-state index contributed by atoms with van der Waals surface area (Å²) in [6.07, 6.45) is 1.43. The lowest BCUT2D eigenvalue weighted by Crippen LogP contribution is -2.31. The number of amides is 1. The van der Waals surface area contributed by atoms with Gasteiger partial charge in [0, 0.05) is 16.4 Å². The monoisotopic (exact) mass is 423 g/mol. The number of carbonyl (C=O) groups excluding carboxylic acids is 1. The van der Waals surface area contributed by atoms with Gasteiger partial charge in [-0.2, -0.15) is 0 Å². The van der Waals surface area contributed by atoms with Crippen molar-refractivity contribution < 1.29 is 4.79 Å². The van der Waals surface area contributed by atoms with Gasteiger partial charge in [0.15, 0.2) is 0 Å². The molecule has 2 heterocycles. The fraction of sp³-hybridized carbons (Fsp3) is 0.136. The van der Waals surface area contributed by atoms with Crippen LogP contribution in [0.2, 0.25) is 5.02 Å². The normalized spacial score (nSPS) is 11.0. The van der Waals surface area contributed by atoms with Crippen molar-refractivity contribution in [2.75, 3.05) is 0 Å². The van der Waals surface area contributed by atoms with Crippen LogP contribution in [0.25, 0.3) is 20.7 Å². The van der Waals surface area contributed by atoms with Gasteiger partial charge in [-0.15, -0.1) is 11.3 Å². The van der Waals surface area contributed by atoms with Crippen LogP contribution in [0.1, 0.15) is 11.1 Å². The number of hydrogen-bond acceptors (Lipinski definition) is 4. The van der Waals surface area contributed by atoms with E-state index in [4.69, 9.17) is 11.6 Å². The molecule has 2 aromatic heterocycles. The Morgan fingerprint density at radius 3 is 2.59 bits per heavy atom. The van der Waals surface area contributed by atoms with Gasteiger partial charge in [-0.25, -0.2) is 4.98 Å². The fourth-order valence-corrected chi connectivity index (χ4v) is 4.12. The first-order chi connectivity index (χ1) is 14.0. The van der Waals surface area contributed by atoms with Crippen molar-refractivity contribution in [3.63, 3.8) is 0 Å². The topological polar surface area (TPSA) is 64.0 Å². The highest BCUT2D eigenvalue weighted by atomic mass is 35.5. The van der Waals surface area contributed by atoms with E-state index in [1.807, 2.05) is 61.5 Å². The number of nitrogens with one attached hydrogen (secondary N) is 1. The molecule has 146 valence electrons. The first-order valence-corrected chi connectivity index (χ1v) is 10.3. The van der Waals surface area contributed by atoms with E-state index in [2.05, 4.69) is 10.3 Å². The summed E-state index contributed by atoms with van der Waals surface area (Å²) in [6.45, 7) is 2.37. The highest BCUT2D eigenvalue weighted by Crippen LogP contribution is 2.31. The van der Waals surface area contributed by atoms with E-state index in [9.17, 15) is 9.59 Å². The molecule has 0 aliphatic rings. The van der Waals surface area contributed by atoms with E-state index in [0.29, 0.717) is 21.8 Å². The average Bonchev–Trinajstić information content (AvgIpc) is 3.15. The number of benzene rings is 2. The maximum absolute atomic E-state index is 12.8. The number of halogens is 1. The zero-order valence-electron chi connectivity index (χ0n) is 15.7. The number of fused-ring (bicyclic) bond motifs is 1. The van der Waals surface area contributed by atoms with Gasteiger partial charge in [-0.05, 0) is 36.2 Å². The van der Waals surface area contributed by atoms with Gasteiger partial charge in [-0.3, -0.25) is 14.2 Å². The predicted octanol–water partition coefficient (Wildman–Crippen LogP) is 4.40. The van der Waals surface area contributed by atoms with Crippen LogP contribution in [0.5, 0.6) is 0 Å². The summed E-state index contributed by atoms with van der Waals surface area (Å²) in [5, 5.41) is 3.50. The Labute approximate surface area is 176 Å². The molecule has 0 unspecified atom stereocenters. The molecule has 0 aliphatic carbocycles. The Morgan fingerprint density at radius 1 is 1.14 bits per heavy atom. The van der Waals surface area contributed by atoms with Crippen LogP contribution in [0.4, 0.5) is 0 Å². The van der Waals surface area contributed by atoms with Crippen LogP contribution in [0.3, 0.4) is 0 Å². The van der Waals surface area contributed by atoms with Crippen molar-refractivity contribution in [3.8, 4) is 10.4 Å². The highest BCUT2D eigenvalue weighted by molar-refractivity contribution is 7.22. The number of hydrogen-bond donors (Lipinski definition) is 1. The summed E-state index contributed by atoms with van der Waals surface area (Å²) >= 11 is 7.31. The second-order valence-electron chi connectivity index (χ2n) is 6.77. The summed E-state index contributed by atoms with van der Waals surface area (Å²) in [5.41, 5.74) is 3.56. The number of aromatic nitrogens is 2. The standard InChI is InChI=1S/C22H18ClN3O2S/c1-14-2-4-15(5-3-14)11-24-20(27)12-26-13-25-18-10-19(29-21(18)22(26)28)16-6-8-17(23)9-7-16/h2-10,13H,11-12H2,1H3,(H,24,27). The zero-order chi connectivity index (χ0) is 20.4. The fourth-order valence-electron chi connectivity index (χ4n) is 2.93. The molecular weight excluding hydrogens is 406 g/mol. The molecule has 2 aromatic carbocycles. The lowest BCUT2D eigenvalue weighted by Gasteiger charge is -2.07. The number of thiophene rings is 1. The SMILES string of the molecule is Cc1ccc(CNC(=O)Cn2cnc3cc(-c4ccc(Cl)cc4)sc3c2=O)cc1. The number of carbonyl (C=O) groups is 1. The Bertz CT molecular complexity index is 1230. The Balaban J connectivity index is 1.51. The quantitative estimate of drug-likeness (QED) is 0.517. The third-order valence-corrected chi connectivity index (χ3v) is 5.97. The predicted molar refractivity (Wildman–Crippen MR) is 117 cm³/mol. The van der Waals surface area contributed by atoms with Crippen molar-refractivity contribution >= 4 is 39.1 Å². The number of nitrogens with zero attached hydrogens (tertiary/aromatic N) is 2. The molecule has 0 bridgehead atoms. The van der Waals surface area contributed by atoms with E-state index < -0.39 is 0 Å². The first-order valence-electron chi connectivity index (χ1n) is 9.07. The molecule has 0 atom stereocenters. The smallest absolute Gasteiger partial charge is 0.271 e. The second-order valence-corrected chi connectivity index (χ2v) is 8.26. The van der Waals surface area contributed by atoms with Crippen molar-refractivity contribution in [1.29, 1.82) is 0 Å². The van der Waals surface area contributed by atoms with Crippen LogP contribution in [0, 0.1) is 6.92 Å². The summed E-state index contributed by atoms with van der Waals surface area (Å²) in [7, 11) is 0. The van der Waals surface area contributed by atoms with E-state index in [-0.39, 0.29) is 18.0 Å². The summed E-state index contributed by atoms with van der Waals surface area (Å²) in [4.78, 5) is 30.4. The number of aryl methyl sites for hydroxylation is 1. The van der Waals surface area contributed by atoms with Gasteiger partial charge in [0.05, 0.1) is 11.8 Å². The first kappa shape index (κ1) is 19.4. The Morgan fingerprint density at radius 2 is 1.86 bits per heavy atom. The van der Waals surface area contributed by atoms with Gasteiger partial charge >= 0.3 is 0 Å². The lowest BCUT2D eigenvalue weighted by molar-refractivity contribution is -0.121. The molecule has 0 radical (unpaired) electrons. The van der Waals surface area contributed by atoms with Gasteiger partial charge < -0.3 is 5.32 Å². The third-order valence-electron chi connectivity index (χ3n) is 4.56. The van der Waals surface area contributed by atoms with Crippen molar-refractivity contribution in [3.05, 3.63) is 87.4 Å². The molecular formula is C22H18ClN3O2S. The molecule has 7 heteroatoms. The van der Waals surface area contributed by atoms with E-state index in [1.54, 1.807) is 0 Å². The summed E-state index contributed by atoms with van der Waals surface area (Å²) in [6, 6.07) is 17.3. The van der Waals surface area contributed by atoms with Gasteiger partial charge in [0.25, 0.3) is 5.56 Å². The van der Waals surface area contributed by atoms with Crippen LogP contribution >= 0.6 is 22.9 Å². The average molecular weight is 424 g/mol. The minimum Gasteiger partial charge on any atom is -0.350 e. The lowest BCUT2D eigenvalue weighted by atomic mass is 10.1. The second kappa shape index (κ2) is 8.19. The summed E-state index contributed by atoms with van der Waals surface area (Å²) < 4.78 is 1.87. The summed E-state index contributed by atoms with van der Waals surface area (Å²) in [5.74, 6) is -0.233. The minimum absolute atomic E-state index is 0.0676. The van der Waals surface area contributed by atoms with Gasteiger partial charge in [0.1, 0.15) is 11.2 Å². The molecule has 0 saturated carbocycles. The molecule has 0 spiro atoms. The third kappa shape index (κ3) is 4.39. The molecule has 0 aliphatic heterocycles. The van der Waals surface area contributed by atoms with Crippen LogP contribution < -0.4 is 10.9 Å². The maximum Gasteiger partial charge on any atom is 0.271 e. The molecule has 29 heavy (non-hydrogen) atoms. The Hall–Kier alpha value is -2.96. The van der Waals surface area contributed by atoms with E-state index in [1.165, 1.54) is 27.8 Å². The molecule has 0 fully saturated rings. The minimum atomic E-state index is -0.233. The Kier molecular flexibility index (Phi) is 5.47. The molecule has 4 aromatic rings. The van der Waals surface area contributed by atoms with Crippen molar-refractivity contribution in [2.45, 2.75) is 20.0 Å². The molecule has 1 amide bonds.